The monoisotopic (exact) mass is 380 g/mol. The molecule has 0 atom stereocenters. The van der Waals surface area contributed by atoms with Crippen LogP contribution in [0.4, 0.5) is 0 Å². The number of nitrogens with one attached hydrogen (secondary N) is 1. The van der Waals surface area contributed by atoms with Gasteiger partial charge in [-0.3, -0.25) is 14.9 Å². The molecule has 1 aliphatic carbocycles. The molecule has 2 aromatic rings. The number of likely N-dealkylation sites (tertiary alicyclic amines) is 1. The van der Waals surface area contributed by atoms with Gasteiger partial charge in [-0.05, 0) is 68.5 Å². The van der Waals surface area contributed by atoms with Crippen LogP contribution in [0.3, 0.4) is 0 Å². The van der Waals surface area contributed by atoms with Crippen LogP contribution >= 0.6 is 0 Å². The van der Waals surface area contributed by atoms with Gasteiger partial charge in [0, 0.05) is 49.8 Å². The predicted octanol–water partition coefficient (Wildman–Crippen LogP) is 3.49. The molecule has 150 valence electrons. The van der Waals surface area contributed by atoms with Crippen molar-refractivity contribution in [3.63, 3.8) is 0 Å². The topological polar surface area (TPSA) is 44.4 Å². The van der Waals surface area contributed by atoms with Gasteiger partial charge in [-0.15, -0.1) is 0 Å². The molecular formula is C23H32N4O. The SMILES string of the molecule is COc1ccc(CN2CCc3[nH]nc(C4CC4)c3CC2)cc1CN1CCCC1. The second-order valence-electron chi connectivity index (χ2n) is 8.75. The van der Waals surface area contributed by atoms with Crippen LogP contribution in [-0.2, 0) is 25.9 Å². The van der Waals surface area contributed by atoms with E-state index < -0.39 is 0 Å². The number of aromatic amines is 1. The fourth-order valence-electron chi connectivity index (χ4n) is 4.90. The Morgan fingerprint density at radius 2 is 1.82 bits per heavy atom. The van der Waals surface area contributed by atoms with Crippen molar-refractivity contribution in [2.24, 2.45) is 0 Å². The second-order valence-corrected chi connectivity index (χ2v) is 8.75. The first-order valence-corrected chi connectivity index (χ1v) is 11.0. The number of H-pyrrole nitrogens is 1. The van der Waals surface area contributed by atoms with Crippen molar-refractivity contribution in [2.75, 3.05) is 33.3 Å². The van der Waals surface area contributed by atoms with E-state index in [9.17, 15) is 0 Å². The number of aromatic nitrogens is 2. The molecule has 0 spiro atoms. The smallest absolute Gasteiger partial charge is 0.123 e. The largest absolute Gasteiger partial charge is 0.496 e. The van der Waals surface area contributed by atoms with Crippen LogP contribution in [0.5, 0.6) is 5.75 Å². The zero-order valence-electron chi connectivity index (χ0n) is 17.0. The van der Waals surface area contributed by atoms with Crippen molar-refractivity contribution in [2.45, 2.75) is 57.5 Å². The molecule has 28 heavy (non-hydrogen) atoms. The number of hydrogen-bond donors (Lipinski definition) is 1. The first-order valence-electron chi connectivity index (χ1n) is 11.0. The first-order chi connectivity index (χ1) is 13.8. The van der Waals surface area contributed by atoms with Gasteiger partial charge in [-0.2, -0.15) is 5.10 Å². The van der Waals surface area contributed by atoms with Crippen molar-refractivity contribution in [3.05, 3.63) is 46.3 Å². The molecule has 1 aromatic carbocycles. The Hall–Kier alpha value is -1.85. The van der Waals surface area contributed by atoms with Crippen molar-refractivity contribution in [1.29, 1.82) is 0 Å². The minimum atomic E-state index is 0.737. The van der Waals surface area contributed by atoms with Crippen molar-refractivity contribution in [3.8, 4) is 5.75 Å². The molecule has 5 nitrogen and oxygen atoms in total. The molecule has 5 rings (SSSR count). The average molecular weight is 381 g/mol. The maximum atomic E-state index is 5.64. The molecule has 1 saturated heterocycles. The molecule has 0 radical (unpaired) electrons. The molecule has 1 N–H and O–H groups in total. The van der Waals surface area contributed by atoms with Crippen LogP contribution in [-0.4, -0.2) is 53.3 Å². The lowest BCUT2D eigenvalue weighted by Crippen LogP contribution is -2.26. The summed E-state index contributed by atoms with van der Waals surface area (Å²) in [6.07, 6.45) is 7.53. The van der Waals surface area contributed by atoms with E-state index in [0.29, 0.717) is 0 Å². The van der Waals surface area contributed by atoms with Crippen molar-refractivity contribution < 1.29 is 4.74 Å². The molecule has 5 heteroatoms. The van der Waals surface area contributed by atoms with Gasteiger partial charge in [-0.1, -0.05) is 6.07 Å². The Labute approximate surface area is 168 Å². The summed E-state index contributed by atoms with van der Waals surface area (Å²) in [5.74, 6) is 1.77. The molecule has 0 unspecified atom stereocenters. The molecule has 0 bridgehead atoms. The molecule has 1 aromatic heterocycles. The Morgan fingerprint density at radius 3 is 2.61 bits per heavy atom. The fraction of sp³-hybridized carbons (Fsp3) is 0.609. The summed E-state index contributed by atoms with van der Waals surface area (Å²) in [4.78, 5) is 5.15. The standard InChI is InChI=1S/C23H32N4O/c1-28-22-7-4-17(14-19(22)16-26-10-2-3-11-26)15-27-12-8-20-21(9-13-27)24-25-23(20)18-5-6-18/h4,7,14,18H,2-3,5-6,8-13,15-16H2,1H3,(H,24,25). The summed E-state index contributed by atoms with van der Waals surface area (Å²) in [5, 5.41) is 7.97. The number of nitrogens with zero attached hydrogens (tertiary/aromatic N) is 3. The lowest BCUT2D eigenvalue weighted by molar-refractivity contribution is 0.277. The van der Waals surface area contributed by atoms with Crippen LogP contribution in [0.25, 0.3) is 0 Å². The molecule has 2 fully saturated rings. The van der Waals surface area contributed by atoms with Gasteiger partial charge in [0.15, 0.2) is 0 Å². The Bertz CT molecular complexity index is 820. The molecule has 0 amide bonds. The highest BCUT2D eigenvalue weighted by atomic mass is 16.5. The summed E-state index contributed by atoms with van der Waals surface area (Å²) < 4.78 is 5.64. The van der Waals surface area contributed by atoms with E-state index in [4.69, 9.17) is 4.74 Å². The van der Waals surface area contributed by atoms with Crippen molar-refractivity contribution >= 4 is 0 Å². The van der Waals surface area contributed by atoms with Gasteiger partial charge in [0.05, 0.1) is 12.8 Å². The van der Waals surface area contributed by atoms with E-state index in [-0.39, 0.29) is 0 Å². The van der Waals surface area contributed by atoms with Gasteiger partial charge in [0.25, 0.3) is 0 Å². The van der Waals surface area contributed by atoms with Crippen molar-refractivity contribution in [1.82, 2.24) is 20.0 Å². The van der Waals surface area contributed by atoms with Crippen LogP contribution < -0.4 is 4.74 Å². The fourth-order valence-corrected chi connectivity index (χ4v) is 4.90. The third-order valence-electron chi connectivity index (χ3n) is 6.65. The third-order valence-corrected chi connectivity index (χ3v) is 6.65. The maximum Gasteiger partial charge on any atom is 0.123 e. The van der Waals surface area contributed by atoms with Gasteiger partial charge in [0.1, 0.15) is 5.75 Å². The molecular weight excluding hydrogens is 348 g/mol. The zero-order valence-corrected chi connectivity index (χ0v) is 17.0. The van der Waals surface area contributed by atoms with Gasteiger partial charge in [0.2, 0.25) is 0 Å². The second kappa shape index (κ2) is 7.88. The van der Waals surface area contributed by atoms with E-state index >= 15 is 0 Å². The van der Waals surface area contributed by atoms with Gasteiger partial charge in [-0.25, -0.2) is 0 Å². The summed E-state index contributed by atoms with van der Waals surface area (Å²) in [5.41, 5.74) is 7.01. The Balaban J connectivity index is 1.26. The summed E-state index contributed by atoms with van der Waals surface area (Å²) in [6, 6.07) is 6.78. The number of methoxy groups -OCH3 is 1. The van der Waals surface area contributed by atoms with Crippen LogP contribution in [0, 0.1) is 0 Å². The first kappa shape index (κ1) is 18.2. The molecule has 3 aliphatic rings. The van der Waals surface area contributed by atoms with E-state index in [1.54, 1.807) is 7.11 Å². The molecule has 1 saturated carbocycles. The molecule has 2 aliphatic heterocycles. The average Bonchev–Trinajstić information content (AvgIpc) is 3.34. The maximum absolute atomic E-state index is 5.64. The summed E-state index contributed by atoms with van der Waals surface area (Å²) in [6.45, 7) is 6.70. The van der Waals surface area contributed by atoms with Gasteiger partial charge >= 0.3 is 0 Å². The Morgan fingerprint density at radius 1 is 1.04 bits per heavy atom. The quantitative estimate of drug-likeness (QED) is 0.833. The number of hydrogen-bond acceptors (Lipinski definition) is 4. The number of benzene rings is 1. The summed E-state index contributed by atoms with van der Waals surface area (Å²) >= 11 is 0. The Kier molecular flexibility index (Phi) is 5.12. The lowest BCUT2D eigenvalue weighted by atomic mass is 10.1. The highest BCUT2D eigenvalue weighted by Gasteiger charge is 2.31. The summed E-state index contributed by atoms with van der Waals surface area (Å²) in [7, 11) is 1.79. The third kappa shape index (κ3) is 3.83. The number of fused-ring (bicyclic) bond motifs is 1. The van der Waals surface area contributed by atoms with Crippen LogP contribution in [0.15, 0.2) is 18.2 Å². The number of ether oxygens (including phenoxy) is 1. The van der Waals surface area contributed by atoms with E-state index in [2.05, 4.69) is 38.2 Å². The number of rotatable bonds is 6. The zero-order chi connectivity index (χ0) is 18.9. The van der Waals surface area contributed by atoms with Gasteiger partial charge < -0.3 is 4.74 Å². The minimum absolute atomic E-state index is 0.737. The molecule has 3 heterocycles. The lowest BCUT2D eigenvalue weighted by Gasteiger charge is -2.22. The van der Waals surface area contributed by atoms with E-state index in [0.717, 1.165) is 50.7 Å². The minimum Gasteiger partial charge on any atom is -0.496 e. The predicted molar refractivity (Wildman–Crippen MR) is 111 cm³/mol. The highest BCUT2D eigenvalue weighted by molar-refractivity contribution is 5.37. The normalized spacial score (nSPS) is 20.9. The highest BCUT2D eigenvalue weighted by Crippen LogP contribution is 2.41. The van der Waals surface area contributed by atoms with E-state index in [1.807, 2.05) is 0 Å². The van der Waals surface area contributed by atoms with Crippen LogP contribution in [0.2, 0.25) is 0 Å². The van der Waals surface area contributed by atoms with E-state index in [1.165, 1.54) is 66.9 Å². The van der Waals surface area contributed by atoms with Crippen LogP contribution in [0.1, 0.15) is 59.7 Å².